The fourth-order valence-corrected chi connectivity index (χ4v) is 3.66. The molecule has 14 heteroatoms. The van der Waals surface area contributed by atoms with Crippen LogP contribution in [-0.4, -0.2) is 24.2 Å². The minimum absolute atomic E-state index is 0.00135. The molecule has 0 fully saturated rings. The molecule has 0 bridgehead atoms. The number of nitrogens with one attached hydrogen (secondary N) is 3. The monoisotopic (exact) mass is 528 g/mol. The highest BCUT2D eigenvalue weighted by atomic mass is 32.2. The Hall–Kier alpha value is -3.49. The Bertz CT molecular complexity index is 1360. The first kappa shape index (κ1) is 27.1. The molecular weight excluding hydrogens is 504 g/mol. The second-order valence-corrected chi connectivity index (χ2v) is 9.52. The SMILES string of the molecule is CC(C)c1cccc(-n2ncc(C(F)(F)F)c2CNC(=O)Nc2ccc(CNS(N)(=O)=O)c(F)c2)c1. The first-order chi connectivity index (χ1) is 16.7. The van der Waals surface area contributed by atoms with Crippen LogP contribution in [0, 0.1) is 5.82 Å². The molecular formula is C22H24F4N6O3S. The Morgan fingerprint density at radius 1 is 1.14 bits per heavy atom. The molecule has 9 nitrogen and oxygen atoms in total. The number of urea groups is 1. The van der Waals surface area contributed by atoms with Crippen molar-refractivity contribution in [1.29, 1.82) is 0 Å². The lowest BCUT2D eigenvalue weighted by Gasteiger charge is -2.15. The van der Waals surface area contributed by atoms with Crippen molar-refractivity contribution in [2.24, 2.45) is 5.14 Å². The molecule has 0 atom stereocenters. The molecule has 194 valence electrons. The Morgan fingerprint density at radius 2 is 1.86 bits per heavy atom. The molecule has 1 aromatic heterocycles. The second-order valence-electron chi connectivity index (χ2n) is 8.14. The van der Waals surface area contributed by atoms with E-state index in [9.17, 15) is 30.8 Å². The van der Waals surface area contributed by atoms with Crippen LogP contribution in [0.3, 0.4) is 0 Å². The molecule has 0 spiro atoms. The van der Waals surface area contributed by atoms with Gasteiger partial charge < -0.3 is 10.6 Å². The average Bonchev–Trinajstić information content (AvgIpc) is 3.21. The van der Waals surface area contributed by atoms with E-state index < -0.39 is 46.9 Å². The summed E-state index contributed by atoms with van der Waals surface area (Å²) in [6, 6.07) is 9.45. The Kier molecular flexibility index (Phi) is 8.01. The van der Waals surface area contributed by atoms with E-state index in [-0.39, 0.29) is 22.9 Å². The van der Waals surface area contributed by atoms with Gasteiger partial charge in [0.15, 0.2) is 0 Å². The summed E-state index contributed by atoms with van der Waals surface area (Å²) in [4.78, 5) is 12.3. The smallest absolute Gasteiger partial charge is 0.332 e. The summed E-state index contributed by atoms with van der Waals surface area (Å²) < 4.78 is 80.0. The van der Waals surface area contributed by atoms with Crippen molar-refractivity contribution in [1.82, 2.24) is 19.8 Å². The van der Waals surface area contributed by atoms with E-state index in [0.29, 0.717) is 11.9 Å². The number of nitrogens with two attached hydrogens (primary N) is 1. The number of anilines is 1. The third-order valence-corrected chi connectivity index (χ3v) is 5.69. The minimum atomic E-state index is -4.70. The van der Waals surface area contributed by atoms with Gasteiger partial charge in [0.2, 0.25) is 0 Å². The molecule has 0 saturated carbocycles. The maximum Gasteiger partial charge on any atom is 0.419 e. The molecule has 0 radical (unpaired) electrons. The van der Waals surface area contributed by atoms with Crippen LogP contribution in [0.15, 0.2) is 48.7 Å². The van der Waals surface area contributed by atoms with Gasteiger partial charge in [-0.1, -0.05) is 32.0 Å². The van der Waals surface area contributed by atoms with Gasteiger partial charge in [-0.05, 0) is 35.7 Å². The van der Waals surface area contributed by atoms with Crippen molar-refractivity contribution in [2.75, 3.05) is 5.32 Å². The molecule has 2 amide bonds. The molecule has 0 aliphatic heterocycles. The van der Waals surface area contributed by atoms with Gasteiger partial charge in [-0.2, -0.15) is 31.4 Å². The van der Waals surface area contributed by atoms with Crippen molar-refractivity contribution in [2.45, 2.75) is 39.0 Å². The maximum absolute atomic E-state index is 14.2. The maximum atomic E-state index is 14.2. The summed E-state index contributed by atoms with van der Waals surface area (Å²) in [5.41, 5.74) is -0.0156. The predicted molar refractivity (Wildman–Crippen MR) is 125 cm³/mol. The molecule has 2 aromatic carbocycles. The van der Waals surface area contributed by atoms with Crippen molar-refractivity contribution in [3.8, 4) is 5.69 Å². The molecule has 0 aliphatic rings. The van der Waals surface area contributed by atoms with Crippen LogP contribution in [0.4, 0.5) is 28.0 Å². The Morgan fingerprint density at radius 3 is 2.47 bits per heavy atom. The minimum Gasteiger partial charge on any atom is -0.332 e. The van der Waals surface area contributed by atoms with Gasteiger partial charge in [0.25, 0.3) is 10.2 Å². The summed E-state index contributed by atoms with van der Waals surface area (Å²) >= 11 is 0. The van der Waals surface area contributed by atoms with Gasteiger partial charge in [0.05, 0.1) is 29.7 Å². The van der Waals surface area contributed by atoms with E-state index in [4.69, 9.17) is 5.14 Å². The summed E-state index contributed by atoms with van der Waals surface area (Å²) in [5, 5.41) is 13.3. The van der Waals surface area contributed by atoms with Gasteiger partial charge in [0, 0.05) is 17.8 Å². The standard InChI is InChI=1S/C22H24F4N6O3S/c1-13(2)14-4-3-5-17(8-14)32-20(18(11-29-32)22(24,25)26)12-28-21(33)31-16-7-6-15(19(23)9-16)10-30-36(27,34)35/h3-9,11,13,30H,10,12H2,1-2H3,(H2,27,34,35)(H2,28,31,33). The zero-order valence-electron chi connectivity index (χ0n) is 19.2. The summed E-state index contributed by atoms with van der Waals surface area (Å²) in [6.07, 6.45) is -4.01. The number of hydrogen-bond acceptors (Lipinski definition) is 4. The number of aromatic nitrogens is 2. The number of nitrogens with zero attached hydrogens (tertiary/aromatic N) is 2. The highest BCUT2D eigenvalue weighted by Crippen LogP contribution is 2.33. The van der Waals surface area contributed by atoms with Crippen LogP contribution in [-0.2, 0) is 29.5 Å². The lowest BCUT2D eigenvalue weighted by atomic mass is 10.0. The van der Waals surface area contributed by atoms with Gasteiger partial charge in [0.1, 0.15) is 5.82 Å². The fraction of sp³-hybridized carbons (Fsp3) is 0.273. The third-order valence-electron chi connectivity index (χ3n) is 5.15. The summed E-state index contributed by atoms with van der Waals surface area (Å²) in [6.45, 7) is 2.97. The Balaban J connectivity index is 1.76. The number of carbonyl (C=O) groups excluding carboxylic acids is 1. The number of halogens is 4. The van der Waals surface area contributed by atoms with Crippen LogP contribution in [0.2, 0.25) is 0 Å². The zero-order chi connectivity index (χ0) is 26.7. The number of amides is 2. The lowest BCUT2D eigenvalue weighted by Crippen LogP contribution is -2.31. The summed E-state index contributed by atoms with van der Waals surface area (Å²) in [7, 11) is -4.03. The molecule has 1 heterocycles. The topological polar surface area (TPSA) is 131 Å². The van der Waals surface area contributed by atoms with Gasteiger partial charge in [-0.3, -0.25) is 0 Å². The molecule has 5 N–H and O–H groups in total. The van der Waals surface area contributed by atoms with E-state index in [0.717, 1.165) is 16.3 Å². The number of carbonyl (C=O) groups is 1. The van der Waals surface area contributed by atoms with Crippen LogP contribution in [0.25, 0.3) is 5.69 Å². The largest absolute Gasteiger partial charge is 0.419 e. The van der Waals surface area contributed by atoms with Crippen LogP contribution >= 0.6 is 0 Å². The highest BCUT2D eigenvalue weighted by molar-refractivity contribution is 7.87. The van der Waals surface area contributed by atoms with E-state index in [1.165, 1.54) is 12.1 Å². The predicted octanol–water partition coefficient (Wildman–Crippen LogP) is 3.77. The number of hydrogen-bond donors (Lipinski definition) is 4. The van der Waals surface area contributed by atoms with Gasteiger partial charge in [-0.15, -0.1) is 0 Å². The first-order valence-electron chi connectivity index (χ1n) is 10.6. The quantitative estimate of drug-likeness (QED) is 0.332. The van der Waals surface area contributed by atoms with E-state index in [2.05, 4.69) is 15.7 Å². The van der Waals surface area contributed by atoms with Crippen molar-refractivity contribution in [3.63, 3.8) is 0 Å². The third kappa shape index (κ3) is 7.02. The van der Waals surface area contributed by atoms with Crippen LogP contribution in [0.1, 0.15) is 42.1 Å². The fourth-order valence-electron chi connectivity index (χ4n) is 3.30. The van der Waals surface area contributed by atoms with Gasteiger partial charge >= 0.3 is 12.2 Å². The van der Waals surface area contributed by atoms with E-state index in [1.54, 1.807) is 18.2 Å². The zero-order valence-corrected chi connectivity index (χ0v) is 20.0. The Labute approximate surface area is 204 Å². The lowest BCUT2D eigenvalue weighted by molar-refractivity contribution is -0.138. The molecule has 36 heavy (non-hydrogen) atoms. The first-order valence-corrected chi connectivity index (χ1v) is 12.1. The van der Waals surface area contributed by atoms with E-state index >= 15 is 0 Å². The van der Waals surface area contributed by atoms with E-state index in [1.807, 2.05) is 24.6 Å². The van der Waals surface area contributed by atoms with Gasteiger partial charge in [-0.25, -0.2) is 19.0 Å². The molecule has 0 aliphatic carbocycles. The van der Waals surface area contributed by atoms with Crippen molar-refractivity contribution < 1.29 is 30.8 Å². The normalized spacial score (nSPS) is 12.1. The molecule has 3 rings (SSSR count). The molecule has 0 unspecified atom stereocenters. The molecule has 0 saturated heterocycles. The van der Waals surface area contributed by atoms with Crippen molar-refractivity contribution >= 4 is 21.9 Å². The number of alkyl halides is 3. The average molecular weight is 529 g/mol. The van der Waals surface area contributed by atoms with Crippen LogP contribution in [0.5, 0.6) is 0 Å². The highest BCUT2D eigenvalue weighted by Gasteiger charge is 2.36. The summed E-state index contributed by atoms with van der Waals surface area (Å²) in [5.74, 6) is -0.691. The second kappa shape index (κ2) is 10.6. The van der Waals surface area contributed by atoms with Crippen LogP contribution < -0.4 is 20.5 Å². The molecule has 3 aromatic rings. The number of rotatable bonds is 8. The van der Waals surface area contributed by atoms with Crippen molar-refractivity contribution in [3.05, 3.63) is 76.9 Å². The number of benzene rings is 2.